The van der Waals surface area contributed by atoms with Gasteiger partial charge in [0.25, 0.3) is 0 Å². The van der Waals surface area contributed by atoms with Crippen LogP contribution in [0.4, 0.5) is 13.6 Å². The highest BCUT2D eigenvalue weighted by molar-refractivity contribution is 7.88. The van der Waals surface area contributed by atoms with E-state index in [0.29, 0.717) is 28.7 Å². The van der Waals surface area contributed by atoms with E-state index in [4.69, 9.17) is 4.74 Å². The molecule has 4 rings (SSSR count). The maximum Gasteiger partial charge on any atom is 0.422 e. The first kappa shape index (κ1) is 24.6. The lowest BCUT2D eigenvalue weighted by Crippen LogP contribution is -2.42. The second-order valence-electron chi connectivity index (χ2n) is 8.98. The molecule has 184 valence electrons. The van der Waals surface area contributed by atoms with Crippen LogP contribution in [0.1, 0.15) is 31.9 Å². The number of benzene rings is 2. The number of aromatic nitrogens is 2. The monoisotopic (exact) mass is 502 g/mol. The average Bonchev–Trinajstić information content (AvgIpc) is 3.05. The molecule has 1 amide bonds. The summed E-state index contributed by atoms with van der Waals surface area (Å²) >= 11 is 0. The molecule has 8 nitrogen and oxygen atoms in total. The fraction of sp³-hybridized carbons (Fsp3) is 0.250. The summed E-state index contributed by atoms with van der Waals surface area (Å²) in [6, 6.07) is 12.7. The van der Waals surface area contributed by atoms with Gasteiger partial charge < -0.3 is 9.30 Å². The molecule has 0 radical (unpaired) electrons. The molecule has 2 aromatic carbocycles. The summed E-state index contributed by atoms with van der Waals surface area (Å²) in [6.07, 6.45) is 0.483. The Bertz CT molecular complexity index is 1510. The van der Waals surface area contributed by atoms with Crippen molar-refractivity contribution in [2.45, 2.75) is 39.5 Å². The lowest BCUT2D eigenvalue weighted by Gasteiger charge is -2.19. The van der Waals surface area contributed by atoms with Crippen LogP contribution in [0.25, 0.3) is 21.9 Å². The highest BCUT2D eigenvalue weighted by Crippen LogP contribution is 2.31. The number of ether oxygens (including phenoxy) is 1. The molecule has 0 saturated heterocycles. The van der Waals surface area contributed by atoms with E-state index in [0.717, 1.165) is 11.6 Å². The van der Waals surface area contributed by atoms with Gasteiger partial charge in [0.15, 0.2) is 0 Å². The summed E-state index contributed by atoms with van der Waals surface area (Å²) in [5.74, 6) is -1.35. The minimum atomic E-state index is -4.12. The predicted octanol–water partition coefficient (Wildman–Crippen LogP) is 4.38. The Morgan fingerprint density at radius 2 is 1.74 bits per heavy atom. The fourth-order valence-electron chi connectivity index (χ4n) is 3.68. The van der Waals surface area contributed by atoms with E-state index >= 15 is 0 Å². The SMILES string of the molecule is CC(C)(C)OC(=O)NS(=O)(=O)NCc1ccc(Cn2c3cccnc3c3c(F)cc(F)cc32)cc1. The van der Waals surface area contributed by atoms with Crippen molar-refractivity contribution in [1.29, 1.82) is 0 Å². The molecule has 0 aliphatic carbocycles. The van der Waals surface area contributed by atoms with Crippen molar-refractivity contribution >= 4 is 38.2 Å². The zero-order valence-corrected chi connectivity index (χ0v) is 20.1. The molecule has 11 heteroatoms. The van der Waals surface area contributed by atoms with Crippen LogP contribution in [0.15, 0.2) is 54.7 Å². The number of fused-ring (bicyclic) bond motifs is 3. The second-order valence-corrected chi connectivity index (χ2v) is 10.5. The number of carbonyl (C=O) groups is 1. The van der Waals surface area contributed by atoms with Gasteiger partial charge in [-0.2, -0.15) is 13.1 Å². The van der Waals surface area contributed by atoms with Crippen LogP contribution >= 0.6 is 0 Å². The number of nitrogens with zero attached hydrogens (tertiary/aromatic N) is 2. The van der Waals surface area contributed by atoms with E-state index in [1.165, 1.54) is 6.07 Å². The number of hydrogen-bond acceptors (Lipinski definition) is 5. The van der Waals surface area contributed by atoms with Crippen LogP contribution in [0.2, 0.25) is 0 Å². The maximum atomic E-state index is 14.5. The highest BCUT2D eigenvalue weighted by atomic mass is 32.2. The molecule has 2 heterocycles. The maximum absolute atomic E-state index is 14.5. The van der Waals surface area contributed by atoms with Crippen LogP contribution in [-0.2, 0) is 28.0 Å². The quantitative estimate of drug-likeness (QED) is 0.408. The third-order valence-electron chi connectivity index (χ3n) is 5.09. The van der Waals surface area contributed by atoms with E-state index in [1.807, 2.05) is 0 Å². The number of amides is 1. The fourth-order valence-corrected chi connectivity index (χ4v) is 4.37. The molecule has 0 atom stereocenters. The molecule has 0 spiro atoms. The Hall–Kier alpha value is -3.57. The van der Waals surface area contributed by atoms with Crippen molar-refractivity contribution in [3.8, 4) is 0 Å². The average molecular weight is 503 g/mol. The van der Waals surface area contributed by atoms with E-state index < -0.39 is 33.5 Å². The third kappa shape index (κ3) is 5.75. The summed E-state index contributed by atoms with van der Waals surface area (Å²) in [5.41, 5.74) is 2.14. The number of halogens is 2. The Morgan fingerprint density at radius 1 is 1.06 bits per heavy atom. The summed E-state index contributed by atoms with van der Waals surface area (Å²) < 4.78 is 63.5. The minimum Gasteiger partial charge on any atom is -0.443 e. The molecule has 0 unspecified atom stereocenters. The van der Waals surface area contributed by atoms with Gasteiger partial charge in [-0.15, -0.1) is 0 Å². The van der Waals surface area contributed by atoms with Gasteiger partial charge in [0.05, 0.1) is 21.9 Å². The normalized spacial score (nSPS) is 12.3. The van der Waals surface area contributed by atoms with Crippen molar-refractivity contribution < 1.29 is 26.7 Å². The Morgan fingerprint density at radius 3 is 2.43 bits per heavy atom. The molecule has 0 fully saturated rings. The van der Waals surface area contributed by atoms with Gasteiger partial charge in [0.2, 0.25) is 0 Å². The zero-order valence-electron chi connectivity index (χ0n) is 19.3. The van der Waals surface area contributed by atoms with Gasteiger partial charge in [0, 0.05) is 25.4 Å². The van der Waals surface area contributed by atoms with E-state index in [9.17, 15) is 22.0 Å². The topological polar surface area (TPSA) is 102 Å². The van der Waals surface area contributed by atoms with Gasteiger partial charge in [-0.25, -0.2) is 18.3 Å². The van der Waals surface area contributed by atoms with E-state index in [2.05, 4.69) is 9.71 Å². The first-order chi connectivity index (χ1) is 16.4. The number of rotatable bonds is 6. The lowest BCUT2D eigenvalue weighted by atomic mass is 10.1. The molecule has 0 aliphatic heterocycles. The molecule has 4 aromatic rings. The van der Waals surface area contributed by atoms with Crippen molar-refractivity contribution in [1.82, 2.24) is 19.0 Å². The highest BCUT2D eigenvalue weighted by Gasteiger charge is 2.21. The van der Waals surface area contributed by atoms with Crippen LogP contribution in [-0.4, -0.2) is 29.7 Å². The Kier molecular flexibility index (Phi) is 6.48. The number of nitrogens with one attached hydrogen (secondary N) is 2. The molecule has 0 saturated carbocycles. The molecular formula is C24H24F2N4O4S. The van der Waals surface area contributed by atoms with Gasteiger partial charge in [-0.05, 0) is 50.1 Å². The standard InChI is InChI=1S/C24H24F2N4O4S/c1-24(2,3)34-23(31)29-35(32,33)28-13-15-6-8-16(9-7-15)14-30-19-5-4-10-27-22(19)21-18(26)11-17(25)12-20(21)30/h4-12,28H,13-14H2,1-3H3,(H,29,31). The third-order valence-corrected chi connectivity index (χ3v) is 6.05. The number of hydrogen-bond donors (Lipinski definition) is 2. The van der Waals surface area contributed by atoms with E-state index in [-0.39, 0.29) is 11.9 Å². The van der Waals surface area contributed by atoms with Crippen molar-refractivity contribution in [3.63, 3.8) is 0 Å². The molecule has 2 N–H and O–H groups in total. The number of carbonyl (C=O) groups excluding carboxylic acids is 1. The number of pyridine rings is 1. The second kappa shape index (κ2) is 9.23. The Labute approximate surface area is 201 Å². The first-order valence-electron chi connectivity index (χ1n) is 10.7. The summed E-state index contributed by atoms with van der Waals surface area (Å²) in [6.45, 7) is 5.13. The van der Waals surface area contributed by atoms with E-state index in [1.54, 1.807) is 72.7 Å². The minimum absolute atomic E-state index is 0.0614. The first-order valence-corrected chi connectivity index (χ1v) is 12.2. The van der Waals surface area contributed by atoms with Crippen LogP contribution in [0, 0.1) is 11.6 Å². The Balaban J connectivity index is 1.50. The molecule has 0 aliphatic rings. The predicted molar refractivity (Wildman–Crippen MR) is 128 cm³/mol. The molecular weight excluding hydrogens is 478 g/mol. The summed E-state index contributed by atoms with van der Waals surface area (Å²) in [7, 11) is -4.12. The molecule has 0 bridgehead atoms. The van der Waals surface area contributed by atoms with Gasteiger partial charge in [-0.3, -0.25) is 4.98 Å². The van der Waals surface area contributed by atoms with Gasteiger partial charge in [0.1, 0.15) is 17.2 Å². The molecule has 35 heavy (non-hydrogen) atoms. The molecule has 2 aromatic heterocycles. The largest absolute Gasteiger partial charge is 0.443 e. The summed E-state index contributed by atoms with van der Waals surface area (Å²) in [4.78, 5) is 16.0. The van der Waals surface area contributed by atoms with Crippen molar-refractivity contribution in [3.05, 3.63) is 77.5 Å². The summed E-state index contributed by atoms with van der Waals surface area (Å²) in [5, 5.41) is 0.255. The smallest absolute Gasteiger partial charge is 0.422 e. The van der Waals surface area contributed by atoms with Crippen LogP contribution in [0.3, 0.4) is 0 Å². The van der Waals surface area contributed by atoms with Crippen LogP contribution < -0.4 is 9.44 Å². The van der Waals surface area contributed by atoms with Crippen LogP contribution in [0.5, 0.6) is 0 Å². The van der Waals surface area contributed by atoms with Crippen molar-refractivity contribution in [2.24, 2.45) is 0 Å². The zero-order chi connectivity index (χ0) is 25.4. The van der Waals surface area contributed by atoms with Crippen molar-refractivity contribution in [2.75, 3.05) is 0 Å². The lowest BCUT2D eigenvalue weighted by molar-refractivity contribution is 0.0569. The van der Waals surface area contributed by atoms with Gasteiger partial charge in [-0.1, -0.05) is 24.3 Å². The van der Waals surface area contributed by atoms with Gasteiger partial charge >= 0.3 is 16.3 Å².